The van der Waals surface area contributed by atoms with E-state index in [0.717, 1.165) is 19.7 Å². The Hall–Kier alpha value is -0.610. The summed E-state index contributed by atoms with van der Waals surface area (Å²) >= 11 is 0. The van der Waals surface area contributed by atoms with Gasteiger partial charge in [0.1, 0.15) is 0 Å². The summed E-state index contributed by atoms with van der Waals surface area (Å²) in [6.45, 7) is 7.21. The number of rotatable bonds is 4. The lowest BCUT2D eigenvalue weighted by Crippen LogP contribution is -2.36. The maximum Gasteiger partial charge on any atom is 0.236 e. The number of hydrogen-bond acceptors (Lipinski definition) is 3. The molecule has 0 saturated carbocycles. The SMILES string of the molecule is CNCC(=O)N1CC(COC)C(C)(C)C1. The summed E-state index contributed by atoms with van der Waals surface area (Å²) in [4.78, 5) is 13.6. The van der Waals surface area contributed by atoms with Crippen molar-refractivity contribution in [3.8, 4) is 0 Å². The van der Waals surface area contributed by atoms with Crippen LogP contribution in [0.5, 0.6) is 0 Å². The van der Waals surface area contributed by atoms with Crippen molar-refractivity contribution in [3.05, 3.63) is 0 Å². The van der Waals surface area contributed by atoms with Crippen LogP contribution in [0.25, 0.3) is 0 Å². The van der Waals surface area contributed by atoms with Crippen LogP contribution in [0, 0.1) is 11.3 Å². The second kappa shape index (κ2) is 4.94. The highest BCUT2D eigenvalue weighted by molar-refractivity contribution is 5.78. The Labute approximate surface area is 92.0 Å². The van der Waals surface area contributed by atoms with Gasteiger partial charge in [-0.15, -0.1) is 0 Å². The van der Waals surface area contributed by atoms with Crippen LogP contribution in [0.3, 0.4) is 0 Å². The summed E-state index contributed by atoms with van der Waals surface area (Å²) in [5.74, 6) is 0.632. The van der Waals surface area contributed by atoms with E-state index in [1.54, 1.807) is 14.2 Å². The number of likely N-dealkylation sites (tertiary alicyclic amines) is 1. The summed E-state index contributed by atoms with van der Waals surface area (Å²) in [6, 6.07) is 0. The zero-order valence-electron chi connectivity index (χ0n) is 10.2. The van der Waals surface area contributed by atoms with Gasteiger partial charge in [-0.25, -0.2) is 0 Å². The first-order chi connectivity index (χ1) is 7.01. The second-order valence-electron chi connectivity index (χ2n) is 4.95. The van der Waals surface area contributed by atoms with Crippen molar-refractivity contribution in [3.63, 3.8) is 0 Å². The van der Waals surface area contributed by atoms with Crippen LogP contribution in [0.15, 0.2) is 0 Å². The van der Waals surface area contributed by atoms with E-state index in [-0.39, 0.29) is 11.3 Å². The monoisotopic (exact) mass is 214 g/mol. The molecule has 1 heterocycles. The number of carbonyl (C=O) groups excluding carboxylic acids is 1. The molecule has 1 saturated heterocycles. The van der Waals surface area contributed by atoms with Crippen LogP contribution in [-0.2, 0) is 9.53 Å². The van der Waals surface area contributed by atoms with Crippen molar-refractivity contribution in [2.45, 2.75) is 13.8 Å². The fourth-order valence-electron chi connectivity index (χ4n) is 2.13. The Morgan fingerprint density at radius 3 is 2.80 bits per heavy atom. The minimum Gasteiger partial charge on any atom is -0.384 e. The van der Waals surface area contributed by atoms with Crippen LogP contribution in [0.1, 0.15) is 13.8 Å². The molecule has 1 amide bonds. The predicted molar refractivity (Wildman–Crippen MR) is 59.7 cm³/mol. The summed E-state index contributed by atoms with van der Waals surface area (Å²) < 4.78 is 5.20. The zero-order chi connectivity index (χ0) is 11.5. The summed E-state index contributed by atoms with van der Waals surface area (Å²) in [6.07, 6.45) is 0. The van der Waals surface area contributed by atoms with Gasteiger partial charge < -0.3 is 15.0 Å². The van der Waals surface area contributed by atoms with E-state index < -0.39 is 0 Å². The van der Waals surface area contributed by atoms with Gasteiger partial charge in [0, 0.05) is 26.1 Å². The first-order valence-corrected chi connectivity index (χ1v) is 5.42. The molecular formula is C11H22N2O2. The lowest BCUT2D eigenvalue weighted by atomic mass is 9.83. The van der Waals surface area contributed by atoms with E-state index in [9.17, 15) is 4.79 Å². The average Bonchev–Trinajstić information content (AvgIpc) is 2.44. The van der Waals surface area contributed by atoms with Crippen LogP contribution >= 0.6 is 0 Å². The van der Waals surface area contributed by atoms with Crippen molar-refractivity contribution in [1.82, 2.24) is 10.2 Å². The van der Waals surface area contributed by atoms with E-state index in [0.29, 0.717) is 12.5 Å². The molecule has 1 aliphatic rings. The standard InChI is InChI=1S/C11H22N2O2/c1-11(2)8-13(10(14)5-12-3)6-9(11)7-15-4/h9,12H,5-8H2,1-4H3. The molecule has 1 N–H and O–H groups in total. The van der Waals surface area contributed by atoms with E-state index in [4.69, 9.17) is 4.74 Å². The van der Waals surface area contributed by atoms with Gasteiger partial charge in [-0.3, -0.25) is 4.79 Å². The molecule has 0 aromatic heterocycles. The first kappa shape index (κ1) is 12.5. The third kappa shape index (κ3) is 2.92. The highest BCUT2D eigenvalue weighted by atomic mass is 16.5. The van der Waals surface area contributed by atoms with E-state index in [1.807, 2.05) is 4.90 Å². The van der Waals surface area contributed by atoms with Gasteiger partial charge in [0.25, 0.3) is 0 Å². The Kier molecular flexibility index (Phi) is 4.11. The maximum atomic E-state index is 11.7. The third-order valence-electron chi connectivity index (χ3n) is 3.19. The molecule has 1 atom stereocenters. The summed E-state index contributed by atoms with van der Waals surface area (Å²) in [5, 5.41) is 2.90. The molecule has 0 radical (unpaired) electrons. The Morgan fingerprint density at radius 2 is 2.27 bits per heavy atom. The maximum absolute atomic E-state index is 11.7. The van der Waals surface area contributed by atoms with Gasteiger partial charge in [-0.1, -0.05) is 13.8 Å². The van der Waals surface area contributed by atoms with Crippen molar-refractivity contribution < 1.29 is 9.53 Å². The van der Waals surface area contributed by atoms with Crippen molar-refractivity contribution in [2.24, 2.45) is 11.3 Å². The number of nitrogens with one attached hydrogen (secondary N) is 1. The van der Waals surface area contributed by atoms with E-state index in [1.165, 1.54) is 0 Å². The Balaban J connectivity index is 2.57. The lowest BCUT2D eigenvalue weighted by Gasteiger charge is -2.24. The summed E-state index contributed by atoms with van der Waals surface area (Å²) in [7, 11) is 3.51. The lowest BCUT2D eigenvalue weighted by molar-refractivity contribution is -0.129. The highest BCUT2D eigenvalue weighted by Gasteiger charge is 2.40. The number of hydrogen-bond donors (Lipinski definition) is 1. The number of amides is 1. The number of methoxy groups -OCH3 is 1. The van der Waals surface area contributed by atoms with Gasteiger partial charge in [-0.2, -0.15) is 0 Å². The molecule has 0 aliphatic carbocycles. The fourth-order valence-corrected chi connectivity index (χ4v) is 2.13. The van der Waals surface area contributed by atoms with Crippen LogP contribution in [0.4, 0.5) is 0 Å². The molecule has 4 heteroatoms. The zero-order valence-corrected chi connectivity index (χ0v) is 10.2. The minimum absolute atomic E-state index is 0.166. The topological polar surface area (TPSA) is 41.6 Å². The average molecular weight is 214 g/mol. The molecule has 0 spiro atoms. The highest BCUT2D eigenvalue weighted by Crippen LogP contribution is 2.35. The molecular weight excluding hydrogens is 192 g/mol. The Morgan fingerprint density at radius 1 is 1.60 bits per heavy atom. The van der Waals surface area contributed by atoms with Crippen LogP contribution in [0.2, 0.25) is 0 Å². The Bertz CT molecular complexity index is 229. The van der Waals surface area contributed by atoms with Gasteiger partial charge in [0.15, 0.2) is 0 Å². The van der Waals surface area contributed by atoms with Gasteiger partial charge in [0.05, 0.1) is 13.2 Å². The number of carbonyl (C=O) groups is 1. The number of nitrogens with zero attached hydrogens (tertiary/aromatic N) is 1. The normalized spacial score (nSPS) is 24.5. The minimum atomic E-state index is 0.166. The fraction of sp³-hybridized carbons (Fsp3) is 0.909. The molecule has 0 bridgehead atoms. The van der Waals surface area contributed by atoms with Crippen molar-refractivity contribution >= 4 is 5.91 Å². The smallest absolute Gasteiger partial charge is 0.236 e. The molecule has 15 heavy (non-hydrogen) atoms. The van der Waals surface area contributed by atoms with Gasteiger partial charge >= 0.3 is 0 Å². The van der Waals surface area contributed by atoms with Gasteiger partial charge in [-0.05, 0) is 12.5 Å². The molecule has 1 rings (SSSR count). The number of ether oxygens (including phenoxy) is 1. The molecule has 4 nitrogen and oxygen atoms in total. The van der Waals surface area contributed by atoms with Gasteiger partial charge in [0.2, 0.25) is 5.91 Å². The van der Waals surface area contributed by atoms with Crippen molar-refractivity contribution in [1.29, 1.82) is 0 Å². The third-order valence-corrected chi connectivity index (χ3v) is 3.19. The first-order valence-electron chi connectivity index (χ1n) is 5.42. The largest absolute Gasteiger partial charge is 0.384 e. The number of likely N-dealkylation sites (N-methyl/N-ethyl adjacent to an activating group) is 1. The molecule has 88 valence electrons. The summed E-state index contributed by atoms with van der Waals surface area (Å²) in [5.41, 5.74) is 0.166. The molecule has 0 aromatic carbocycles. The molecule has 1 unspecified atom stereocenters. The molecule has 1 aliphatic heterocycles. The van der Waals surface area contributed by atoms with E-state index in [2.05, 4.69) is 19.2 Å². The van der Waals surface area contributed by atoms with Crippen LogP contribution in [-0.4, -0.2) is 51.2 Å². The quantitative estimate of drug-likeness (QED) is 0.733. The molecule has 1 fully saturated rings. The van der Waals surface area contributed by atoms with Crippen molar-refractivity contribution in [2.75, 3.05) is 40.4 Å². The molecule has 0 aromatic rings. The predicted octanol–water partition coefficient (Wildman–Crippen LogP) is 0.337. The second-order valence-corrected chi connectivity index (χ2v) is 4.95. The van der Waals surface area contributed by atoms with E-state index >= 15 is 0 Å². The van der Waals surface area contributed by atoms with Crippen LogP contribution < -0.4 is 5.32 Å².